The number of ether oxygens (including phenoxy) is 1. The molecule has 0 amide bonds. The molecule has 0 saturated heterocycles. The first kappa shape index (κ1) is 19.3. The highest BCUT2D eigenvalue weighted by atomic mass is 16.5. The second-order valence-corrected chi connectivity index (χ2v) is 9.47. The van der Waals surface area contributed by atoms with Crippen molar-refractivity contribution in [1.29, 1.82) is 0 Å². The first-order valence-electron chi connectivity index (χ1n) is 9.81. The van der Waals surface area contributed by atoms with Gasteiger partial charge in [-0.2, -0.15) is 0 Å². The second kappa shape index (κ2) is 7.50. The van der Waals surface area contributed by atoms with E-state index in [1.165, 1.54) is 49.3 Å². The van der Waals surface area contributed by atoms with E-state index in [1.807, 2.05) is 0 Å². The molecular weight excluding hydrogens is 292 g/mol. The predicted molar refractivity (Wildman–Crippen MR) is 105 cm³/mol. The number of benzene rings is 1. The molecule has 0 N–H and O–H groups in total. The summed E-state index contributed by atoms with van der Waals surface area (Å²) < 4.78 is 6.55. The highest BCUT2D eigenvalue weighted by Gasteiger charge is 2.28. The first-order valence-corrected chi connectivity index (χ1v) is 9.81. The van der Waals surface area contributed by atoms with Crippen LogP contribution in [0.5, 0.6) is 5.75 Å². The quantitative estimate of drug-likeness (QED) is 0.568. The van der Waals surface area contributed by atoms with Crippen LogP contribution in [0.2, 0.25) is 0 Å². The van der Waals surface area contributed by atoms with Crippen molar-refractivity contribution >= 4 is 0 Å². The lowest BCUT2D eigenvalue weighted by Crippen LogP contribution is -2.23. The van der Waals surface area contributed by atoms with E-state index in [0.717, 1.165) is 12.2 Å². The number of rotatable bonds is 4. The van der Waals surface area contributed by atoms with Crippen molar-refractivity contribution in [3.8, 4) is 5.75 Å². The van der Waals surface area contributed by atoms with Crippen molar-refractivity contribution in [2.45, 2.75) is 97.8 Å². The molecule has 135 valence electrons. The Morgan fingerprint density at radius 1 is 0.958 bits per heavy atom. The second-order valence-electron chi connectivity index (χ2n) is 9.47. The predicted octanol–water partition coefficient (Wildman–Crippen LogP) is 7.18. The molecule has 0 heterocycles. The summed E-state index contributed by atoms with van der Waals surface area (Å²) in [5.41, 5.74) is 2.97. The summed E-state index contributed by atoms with van der Waals surface area (Å²) in [6, 6.07) is 6.82. The number of hydrogen-bond acceptors (Lipinski definition) is 1. The lowest BCUT2D eigenvalue weighted by molar-refractivity contribution is 0.198. The van der Waals surface area contributed by atoms with Gasteiger partial charge >= 0.3 is 0 Å². The topological polar surface area (TPSA) is 9.23 Å². The summed E-state index contributed by atoms with van der Waals surface area (Å²) in [6.07, 6.45) is 9.02. The molecule has 1 fully saturated rings. The molecule has 1 heteroatoms. The van der Waals surface area contributed by atoms with E-state index in [4.69, 9.17) is 4.74 Å². The SMILES string of the molecule is CC[C](Oc1ccc(C(C)(C)C)cc1C(C)(C)C)C1CCCCC1. The zero-order chi connectivity index (χ0) is 18.0. The van der Waals surface area contributed by atoms with Gasteiger partial charge in [0.2, 0.25) is 0 Å². The Bertz CT molecular complexity index is 524. The van der Waals surface area contributed by atoms with E-state index in [2.05, 4.69) is 66.7 Å². The average molecular weight is 330 g/mol. The van der Waals surface area contributed by atoms with Gasteiger partial charge in [0.15, 0.2) is 6.10 Å². The molecule has 1 radical (unpaired) electrons. The minimum absolute atomic E-state index is 0.0853. The van der Waals surface area contributed by atoms with Gasteiger partial charge in [0.1, 0.15) is 5.75 Å². The van der Waals surface area contributed by atoms with Crippen molar-refractivity contribution in [3.05, 3.63) is 35.4 Å². The van der Waals surface area contributed by atoms with E-state index in [0.29, 0.717) is 5.92 Å². The van der Waals surface area contributed by atoms with E-state index < -0.39 is 0 Å². The van der Waals surface area contributed by atoms with Crippen LogP contribution in [-0.2, 0) is 10.8 Å². The van der Waals surface area contributed by atoms with Gasteiger partial charge in [-0.3, -0.25) is 0 Å². The molecule has 0 aliphatic heterocycles. The van der Waals surface area contributed by atoms with Gasteiger partial charge < -0.3 is 4.74 Å². The average Bonchev–Trinajstić information content (AvgIpc) is 2.51. The lowest BCUT2D eigenvalue weighted by atomic mass is 9.80. The van der Waals surface area contributed by atoms with Crippen molar-refractivity contribution in [3.63, 3.8) is 0 Å². The molecule has 1 saturated carbocycles. The smallest absolute Gasteiger partial charge is 0.151 e. The van der Waals surface area contributed by atoms with Gasteiger partial charge in [-0.05, 0) is 47.3 Å². The zero-order valence-electron chi connectivity index (χ0n) is 17.0. The fraction of sp³-hybridized carbons (Fsp3) is 0.696. The van der Waals surface area contributed by atoms with Crippen LogP contribution >= 0.6 is 0 Å². The van der Waals surface area contributed by atoms with Crippen molar-refractivity contribution < 1.29 is 4.74 Å². The Balaban J connectivity index is 2.30. The maximum Gasteiger partial charge on any atom is 0.151 e. The van der Waals surface area contributed by atoms with Crippen molar-refractivity contribution in [1.82, 2.24) is 0 Å². The zero-order valence-corrected chi connectivity index (χ0v) is 17.0. The molecule has 0 spiro atoms. The molecular formula is C23H37O. The maximum atomic E-state index is 6.55. The molecule has 1 aromatic rings. The van der Waals surface area contributed by atoms with Crippen LogP contribution in [0, 0.1) is 12.0 Å². The Labute approximate surface area is 150 Å². The standard InChI is InChI=1S/C23H37O/c1-8-20(17-12-10-9-11-13-17)24-21-15-14-18(22(2,3)4)16-19(21)23(5,6)7/h14-17H,8-13H2,1-7H3. The van der Waals surface area contributed by atoms with Crippen molar-refractivity contribution in [2.75, 3.05) is 0 Å². The highest BCUT2D eigenvalue weighted by Crippen LogP contribution is 2.40. The molecule has 2 rings (SSSR count). The molecule has 1 aliphatic rings. The van der Waals surface area contributed by atoms with E-state index >= 15 is 0 Å². The molecule has 1 aliphatic carbocycles. The third-order valence-electron chi connectivity index (χ3n) is 5.30. The molecule has 24 heavy (non-hydrogen) atoms. The fourth-order valence-corrected chi connectivity index (χ4v) is 3.68. The molecule has 1 nitrogen and oxygen atoms in total. The van der Waals surface area contributed by atoms with Crippen molar-refractivity contribution in [2.24, 2.45) is 5.92 Å². The van der Waals surface area contributed by atoms with Gasteiger partial charge in [0.25, 0.3) is 0 Å². The summed E-state index contributed by atoms with van der Waals surface area (Å²) in [4.78, 5) is 0. The molecule has 1 aromatic carbocycles. The van der Waals surface area contributed by atoms with Gasteiger partial charge in [-0.25, -0.2) is 0 Å². The van der Waals surface area contributed by atoms with Crippen LogP contribution in [-0.4, -0.2) is 0 Å². The summed E-state index contributed by atoms with van der Waals surface area (Å²) in [7, 11) is 0. The summed E-state index contributed by atoms with van der Waals surface area (Å²) in [5.74, 6) is 1.72. The summed E-state index contributed by atoms with van der Waals surface area (Å²) in [6.45, 7) is 15.9. The number of hydrogen-bond donors (Lipinski definition) is 0. The highest BCUT2D eigenvalue weighted by molar-refractivity contribution is 5.44. The van der Waals surface area contributed by atoms with Crippen LogP contribution in [0.15, 0.2) is 18.2 Å². The van der Waals surface area contributed by atoms with E-state index in [9.17, 15) is 0 Å². The van der Waals surface area contributed by atoms with Gasteiger partial charge in [0.05, 0.1) is 0 Å². The minimum atomic E-state index is 0.0853. The Hall–Kier alpha value is -0.980. The Morgan fingerprint density at radius 2 is 1.58 bits per heavy atom. The Kier molecular flexibility index (Phi) is 6.04. The first-order chi connectivity index (χ1) is 11.1. The van der Waals surface area contributed by atoms with Gasteiger partial charge in [-0.1, -0.05) is 79.9 Å². The molecule has 0 aromatic heterocycles. The summed E-state index contributed by atoms with van der Waals surface area (Å²) >= 11 is 0. The monoisotopic (exact) mass is 329 g/mol. The minimum Gasteiger partial charge on any atom is -0.482 e. The molecule has 0 unspecified atom stereocenters. The van der Waals surface area contributed by atoms with Crippen LogP contribution < -0.4 is 4.74 Å². The third-order valence-corrected chi connectivity index (χ3v) is 5.30. The largest absolute Gasteiger partial charge is 0.482 e. The summed E-state index contributed by atoms with van der Waals surface area (Å²) in [5, 5.41) is 0. The van der Waals surface area contributed by atoms with E-state index in [1.54, 1.807) is 0 Å². The normalized spacial score (nSPS) is 17.3. The van der Waals surface area contributed by atoms with Crippen LogP contribution in [0.3, 0.4) is 0 Å². The van der Waals surface area contributed by atoms with Gasteiger partial charge in [0, 0.05) is 5.92 Å². The fourth-order valence-electron chi connectivity index (χ4n) is 3.68. The van der Waals surface area contributed by atoms with Crippen LogP contribution in [0.25, 0.3) is 0 Å². The lowest BCUT2D eigenvalue weighted by Gasteiger charge is -2.32. The van der Waals surface area contributed by atoms with Crippen LogP contribution in [0.1, 0.15) is 98.1 Å². The maximum absolute atomic E-state index is 6.55. The van der Waals surface area contributed by atoms with E-state index in [-0.39, 0.29) is 10.8 Å². The molecule has 0 atom stereocenters. The van der Waals surface area contributed by atoms with Crippen LogP contribution in [0.4, 0.5) is 0 Å². The third kappa shape index (κ3) is 4.77. The van der Waals surface area contributed by atoms with Gasteiger partial charge in [-0.15, -0.1) is 0 Å². The Morgan fingerprint density at radius 3 is 2.08 bits per heavy atom. The molecule has 0 bridgehead atoms.